The van der Waals surface area contributed by atoms with E-state index in [2.05, 4.69) is 0 Å². The van der Waals surface area contributed by atoms with E-state index in [1.165, 1.54) is 0 Å². The van der Waals surface area contributed by atoms with Crippen LogP contribution in [0, 0.1) is 17.5 Å². The van der Waals surface area contributed by atoms with Crippen LogP contribution < -0.4 is 0 Å². The van der Waals surface area contributed by atoms with E-state index in [9.17, 15) is 22.0 Å². The molecule has 144 valence electrons. The van der Waals surface area contributed by atoms with Crippen molar-refractivity contribution in [2.75, 3.05) is 0 Å². The van der Waals surface area contributed by atoms with E-state index in [4.69, 9.17) is 0 Å². The first kappa shape index (κ1) is 19.8. The van der Waals surface area contributed by atoms with Crippen LogP contribution in [0.5, 0.6) is 0 Å². The Morgan fingerprint density at radius 1 is 0.714 bits per heavy atom. The molecule has 0 saturated heterocycles. The molecule has 0 atom stereocenters. The first-order chi connectivity index (χ1) is 13.4. The highest BCUT2D eigenvalue weighted by Gasteiger charge is 2.21. The highest BCUT2D eigenvalue weighted by molar-refractivity contribution is 5.84. The van der Waals surface area contributed by atoms with Crippen molar-refractivity contribution >= 4 is 11.7 Å². The van der Waals surface area contributed by atoms with E-state index >= 15 is 0 Å². The van der Waals surface area contributed by atoms with E-state index in [0.717, 1.165) is 54.8 Å². The quantitative estimate of drug-likeness (QED) is 0.314. The number of aryl methyl sites for hydroxylation is 1. The van der Waals surface area contributed by atoms with Crippen molar-refractivity contribution in [2.45, 2.75) is 19.8 Å². The Bertz CT molecular complexity index is 979. The predicted octanol–water partition coefficient (Wildman–Crippen LogP) is 7.49. The molecule has 0 N–H and O–H groups in total. The second-order valence-electron chi connectivity index (χ2n) is 6.40. The normalized spacial score (nSPS) is 12.1. The molecule has 0 radical (unpaired) electrons. The molecule has 3 aromatic rings. The molecule has 0 aliphatic carbocycles. The molecule has 0 aliphatic rings. The molecule has 0 amide bonds. The number of halogens is 5. The zero-order chi connectivity index (χ0) is 20.3. The van der Waals surface area contributed by atoms with Gasteiger partial charge in [-0.3, -0.25) is 0 Å². The zero-order valence-corrected chi connectivity index (χ0v) is 15.1. The maximum Gasteiger partial charge on any atom is 0.172 e. The van der Waals surface area contributed by atoms with Gasteiger partial charge in [0.05, 0.1) is 5.56 Å². The molecule has 28 heavy (non-hydrogen) atoms. The summed E-state index contributed by atoms with van der Waals surface area (Å²) < 4.78 is 70.6. The highest BCUT2D eigenvalue weighted by Crippen LogP contribution is 2.34. The lowest BCUT2D eigenvalue weighted by Gasteiger charge is -2.09. The Hall–Kier alpha value is -2.95. The molecule has 3 rings (SSSR count). The van der Waals surface area contributed by atoms with Crippen LogP contribution in [0.25, 0.3) is 22.8 Å². The van der Waals surface area contributed by atoms with Gasteiger partial charge in [-0.15, -0.1) is 0 Å². The fourth-order valence-corrected chi connectivity index (χ4v) is 2.93. The van der Waals surface area contributed by atoms with Crippen LogP contribution in [0.15, 0.2) is 60.7 Å². The lowest BCUT2D eigenvalue weighted by molar-refractivity contribution is 0.564. The molecule has 0 spiro atoms. The van der Waals surface area contributed by atoms with E-state index in [1.807, 2.05) is 19.1 Å². The first-order valence-corrected chi connectivity index (χ1v) is 8.80. The smallest absolute Gasteiger partial charge is 0.172 e. The number of hydrogen-bond acceptors (Lipinski definition) is 0. The van der Waals surface area contributed by atoms with Crippen molar-refractivity contribution in [1.29, 1.82) is 0 Å². The van der Waals surface area contributed by atoms with Crippen molar-refractivity contribution in [3.63, 3.8) is 0 Å². The lowest BCUT2D eigenvalue weighted by Crippen LogP contribution is -1.96. The summed E-state index contributed by atoms with van der Waals surface area (Å²) in [6, 6.07) is 12.9. The predicted molar refractivity (Wildman–Crippen MR) is 101 cm³/mol. The molecule has 0 fully saturated rings. The minimum absolute atomic E-state index is 0.219. The van der Waals surface area contributed by atoms with Crippen molar-refractivity contribution in [3.8, 4) is 11.1 Å². The average Bonchev–Trinajstić information content (AvgIpc) is 2.68. The summed E-state index contributed by atoms with van der Waals surface area (Å²) in [6.07, 6.45) is 1.86. The Labute approximate surface area is 160 Å². The largest absolute Gasteiger partial charge is 0.207 e. The van der Waals surface area contributed by atoms with Crippen LogP contribution >= 0.6 is 0 Å². The third kappa shape index (κ3) is 4.14. The second-order valence-corrected chi connectivity index (χ2v) is 6.40. The summed E-state index contributed by atoms with van der Waals surface area (Å²) in [5.41, 5.74) is 0.477. The minimum Gasteiger partial charge on any atom is -0.207 e. The Morgan fingerprint density at radius 2 is 1.29 bits per heavy atom. The van der Waals surface area contributed by atoms with E-state index in [0.29, 0.717) is 5.56 Å². The SMILES string of the molecule is CCCc1ccc(-c2cc(F)c(/C(F)=C(\F)c3ccc(F)cc3)c(F)c2)cc1. The number of hydrogen-bond donors (Lipinski definition) is 0. The molecule has 5 heteroatoms. The van der Waals surface area contributed by atoms with Gasteiger partial charge >= 0.3 is 0 Å². The summed E-state index contributed by atoms with van der Waals surface area (Å²) in [6.45, 7) is 2.05. The summed E-state index contributed by atoms with van der Waals surface area (Å²) in [5.74, 6) is -6.21. The van der Waals surface area contributed by atoms with Gasteiger partial charge in [0.25, 0.3) is 0 Å². The van der Waals surface area contributed by atoms with Gasteiger partial charge in [0, 0.05) is 5.56 Å². The molecule has 0 nitrogen and oxygen atoms in total. The Balaban J connectivity index is 1.99. The monoisotopic (exact) mass is 388 g/mol. The fraction of sp³-hybridized carbons (Fsp3) is 0.130. The number of rotatable bonds is 5. The molecule has 0 unspecified atom stereocenters. The molecule has 3 aromatic carbocycles. The maximum absolute atomic E-state index is 14.4. The summed E-state index contributed by atoms with van der Waals surface area (Å²) >= 11 is 0. The van der Waals surface area contributed by atoms with Crippen LogP contribution in [0.4, 0.5) is 22.0 Å². The molecule has 0 aromatic heterocycles. The van der Waals surface area contributed by atoms with E-state index < -0.39 is 34.7 Å². The fourth-order valence-electron chi connectivity index (χ4n) is 2.93. The standard InChI is InChI=1S/C23H17F5/c1-2-3-14-4-6-15(7-5-14)17-12-19(25)21(20(26)13-17)23(28)22(27)16-8-10-18(24)11-9-16/h4-13H,2-3H2,1H3/b23-22+. The summed E-state index contributed by atoms with van der Waals surface area (Å²) in [7, 11) is 0. The van der Waals surface area contributed by atoms with Gasteiger partial charge in [0.2, 0.25) is 0 Å². The van der Waals surface area contributed by atoms with Gasteiger partial charge in [0.15, 0.2) is 11.7 Å². The van der Waals surface area contributed by atoms with E-state index in [1.54, 1.807) is 12.1 Å². The molecule has 0 saturated carbocycles. The van der Waals surface area contributed by atoms with Gasteiger partial charge < -0.3 is 0 Å². The molecule has 0 bridgehead atoms. The Kier molecular flexibility index (Phi) is 5.93. The topological polar surface area (TPSA) is 0 Å². The van der Waals surface area contributed by atoms with Crippen LogP contribution in [-0.2, 0) is 6.42 Å². The summed E-state index contributed by atoms with van der Waals surface area (Å²) in [5, 5.41) is 0. The third-order valence-electron chi connectivity index (χ3n) is 4.38. The van der Waals surface area contributed by atoms with Crippen molar-refractivity contribution in [1.82, 2.24) is 0 Å². The van der Waals surface area contributed by atoms with Gasteiger partial charge in [0.1, 0.15) is 17.5 Å². The van der Waals surface area contributed by atoms with Gasteiger partial charge in [-0.2, -0.15) is 0 Å². The van der Waals surface area contributed by atoms with Crippen molar-refractivity contribution in [3.05, 3.63) is 94.8 Å². The molecular formula is C23H17F5. The van der Waals surface area contributed by atoms with Gasteiger partial charge in [-0.1, -0.05) is 37.6 Å². The minimum atomic E-state index is -1.67. The van der Waals surface area contributed by atoms with Crippen molar-refractivity contribution in [2.24, 2.45) is 0 Å². The average molecular weight is 388 g/mol. The molecule has 0 aliphatic heterocycles. The van der Waals surface area contributed by atoms with Crippen molar-refractivity contribution < 1.29 is 22.0 Å². The molecular weight excluding hydrogens is 371 g/mol. The number of benzene rings is 3. The highest BCUT2D eigenvalue weighted by atomic mass is 19.2. The van der Waals surface area contributed by atoms with Crippen LogP contribution in [0.2, 0.25) is 0 Å². The second kappa shape index (κ2) is 8.38. The lowest BCUT2D eigenvalue weighted by atomic mass is 9.99. The zero-order valence-electron chi connectivity index (χ0n) is 15.1. The Morgan fingerprint density at radius 3 is 1.82 bits per heavy atom. The first-order valence-electron chi connectivity index (χ1n) is 8.80. The van der Waals surface area contributed by atoms with Gasteiger partial charge in [-0.05, 0) is 59.5 Å². The summed E-state index contributed by atoms with van der Waals surface area (Å²) in [4.78, 5) is 0. The maximum atomic E-state index is 14.4. The molecule has 0 heterocycles. The third-order valence-corrected chi connectivity index (χ3v) is 4.38. The van der Waals surface area contributed by atoms with Gasteiger partial charge in [-0.25, -0.2) is 22.0 Å². The van der Waals surface area contributed by atoms with E-state index in [-0.39, 0.29) is 11.1 Å². The van der Waals surface area contributed by atoms with Crippen LogP contribution in [-0.4, -0.2) is 0 Å². The van der Waals surface area contributed by atoms with Crippen LogP contribution in [0.1, 0.15) is 30.0 Å². The van der Waals surface area contributed by atoms with Crippen LogP contribution in [0.3, 0.4) is 0 Å².